The molecule has 0 spiro atoms. The van der Waals surface area contributed by atoms with E-state index in [0.717, 1.165) is 57.1 Å². The standard InChI is InChI=1S/C21H24F2N2O2/c22-15-9-10-16(23)20-14(15)12-17(24-20)21(27)25-11-5-1-2-7-18(25)13-6-3-4-8-19(13)26/h9-10,12-13,18,24H,1-8,11H2. The maximum absolute atomic E-state index is 14.0. The van der Waals surface area contributed by atoms with Crippen molar-refractivity contribution in [1.82, 2.24) is 9.88 Å². The number of amides is 1. The molecule has 1 saturated heterocycles. The van der Waals surface area contributed by atoms with Crippen LogP contribution in [-0.4, -0.2) is 34.2 Å². The average molecular weight is 374 g/mol. The Balaban J connectivity index is 1.68. The van der Waals surface area contributed by atoms with Crippen molar-refractivity contribution in [2.75, 3.05) is 6.54 Å². The number of hydrogen-bond acceptors (Lipinski definition) is 2. The second kappa shape index (κ2) is 7.41. The van der Waals surface area contributed by atoms with Gasteiger partial charge in [-0.2, -0.15) is 0 Å². The van der Waals surface area contributed by atoms with Gasteiger partial charge in [-0.05, 0) is 43.9 Å². The molecule has 2 unspecified atom stereocenters. The minimum atomic E-state index is -0.583. The Hall–Kier alpha value is -2.24. The van der Waals surface area contributed by atoms with E-state index in [2.05, 4.69) is 4.98 Å². The van der Waals surface area contributed by atoms with Crippen molar-refractivity contribution in [2.24, 2.45) is 5.92 Å². The summed E-state index contributed by atoms with van der Waals surface area (Å²) in [7, 11) is 0. The molecule has 2 aromatic rings. The minimum absolute atomic E-state index is 0.0125. The van der Waals surface area contributed by atoms with E-state index in [1.807, 2.05) is 0 Å². The number of likely N-dealkylation sites (tertiary alicyclic amines) is 1. The normalized spacial score (nSPS) is 24.2. The molecular formula is C21H24F2N2O2. The molecule has 27 heavy (non-hydrogen) atoms. The Morgan fingerprint density at radius 3 is 2.59 bits per heavy atom. The molecule has 1 saturated carbocycles. The summed E-state index contributed by atoms with van der Waals surface area (Å²) in [5.74, 6) is -1.27. The van der Waals surface area contributed by atoms with E-state index in [4.69, 9.17) is 0 Å². The number of fused-ring (bicyclic) bond motifs is 1. The molecule has 4 rings (SSSR count). The summed E-state index contributed by atoms with van der Waals surface area (Å²) in [5, 5.41) is 0.0819. The van der Waals surface area contributed by atoms with Gasteiger partial charge in [0.2, 0.25) is 0 Å². The summed E-state index contributed by atoms with van der Waals surface area (Å²) in [5.41, 5.74) is 0.197. The number of nitrogens with zero attached hydrogens (tertiary/aromatic N) is 1. The van der Waals surface area contributed by atoms with Gasteiger partial charge in [0.1, 0.15) is 23.1 Å². The molecule has 1 aliphatic heterocycles. The van der Waals surface area contributed by atoms with E-state index in [1.54, 1.807) is 4.90 Å². The highest BCUT2D eigenvalue weighted by Crippen LogP contribution is 2.32. The fourth-order valence-electron chi connectivity index (χ4n) is 4.64. The van der Waals surface area contributed by atoms with E-state index in [9.17, 15) is 18.4 Å². The number of rotatable bonds is 2. The first kappa shape index (κ1) is 18.1. The van der Waals surface area contributed by atoms with Crippen molar-refractivity contribution in [3.8, 4) is 0 Å². The van der Waals surface area contributed by atoms with Gasteiger partial charge in [-0.25, -0.2) is 8.78 Å². The Labute approximate surface area is 156 Å². The van der Waals surface area contributed by atoms with Crippen molar-refractivity contribution < 1.29 is 18.4 Å². The van der Waals surface area contributed by atoms with Gasteiger partial charge in [0, 0.05) is 30.3 Å². The molecule has 1 amide bonds. The number of aromatic nitrogens is 1. The summed E-state index contributed by atoms with van der Waals surface area (Å²) in [4.78, 5) is 30.3. The molecule has 0 radical (unpaired) electrons. The number of carbonyl (C=O) groups excluding carboxylic acids is 2. The molecule has 6 heteroatoms. The number of aromatic amines is 1. The molecule has 2 aliphatic rings. The topological polar surface area (TPSA) is 53.2 Å². The first-order valence-electron chi connectivity index (χ1n) is 9.86. The molecule has 2 heterocycles. The van der Waals surface area contributed by atoms with Crippen LogP contribution >= 0.6 is 0 Å². The van der Waals surface area contributed by atoms with Crippen LogP contribution in [0.5, 0.6) is 0 Å². The Morgan fingerprint density at radius 1 is 1.04 bits per heavy atom. The van der Waals surface area contributed by atoms with Crippen molar-refractivity contribution >= 4 is 22.6 Å². The zero-order valence-corrected chi connectivity index (χ0v) is 15.3. The number of ketones is 1. The first-order valence-corrected chi connectivity index (χ1v) is 9.86. The van der Waals surface area contributed by atoms with Crippen molar-refractivity contribution in [2.45, 2.75) is 57.4 Å². The van der Waals surface area contributed by atoms with Gasteiger partial charge >= 0.3 is 0 Å². The van der Waals surface area contributed by atoms with Gasteiger partial charge in [-0.3, -0.25) is 9.59 Å². The molecular weight excluding hydrogens is 350 g/mol. The molecule has 2 atom stereocenters. The number of carbonyl (C=O) groups is 2. The zero-order chi connectivity index (χ0) is 19.0. The third-order valence-corrected chi connectivity index (χ3v) is 6.05. The van der Waals surface area contributed by atoms with E-state index >= 15 is 0 Å². The molecule has 144 valence electrons. The lowest BCUT2D eigenvalue weighted by molar-refractivity contribution is -0.126. The summed E-state index contributed by atoms with van der Waals surface area (Å²) >= 11 is 0. The maximum Gasteiger partial charge on any atom is 0.270 e. The summed E-state index contributed by atoms with van der Waals surface area (Å²) in [6, 6.07) is 3.39. The first-order chi connectivity index (χ1) is 13.1. The Morgan fingerprint density at radius 2 is 1.81 bits per heavy atom. The second-order valence-electron chi connectivity index (χ2n) is 7.73. The second-order valence-corrected chi connectivity index (χ2v) is 7.73. The molecule has 1 aliphatic carbocycles. The smallest absolute Gasteiger partial charge is 0.270 e. The van der Waals surface area contributed by atoms with Crippen LogP contribution < -0.4 is 0 Å². The zero-order valence-electron chi connectivity index (χ0n) is 15.3. The van der Waals surface area contributed by atoms with Crippen LogP contribution in [0.3, 0.4) is 0 Å². The third-order valence-electron chi connectivity index (χ3n) is 6.05. The number of halogens is 2. The van der Waals surface area contributed by atoms with Gasteiger partial charge in [0.15, 0.2) is 0 Å². The van der Waals surface area contributed by atoms with Gasteiger partial charge in [-0.1, -0.05) is 19.3 Å². The Bertz CT molecular complexity index is 837. The van der Waals surface area contributed by atoms with Crippen LogP contribution in [-0.2, 0) is 4.79 Å². The van der Waals surface area contributed by atoms with Crippen LogP contribution in [0.1, 0.15) is 61.9 Å². The number of nitrogens with one attached hydrogen (secondary N) is 1. The minimum Gasteiger partial charge on any atom is -0.348 e. The highest BCUT2D eigenvalue weighted by molar-refractivity contribution is 5.98. The number of H-pyrrole nitrogens is 1. The van der Waals surface area contributed by atoms with E-state index < -0.39 is 11.6 Å². The predicted molar refractivity (Wildman–Crippen MR) is 98.5 cm³/mol. The quantitative estimate of drug-likeness (QED) is 0.836. The lowest BCUT2D eigenvalue weighted by Crippen LogP contribution is -2.47. The van der Waals surface area contributed by atoms with Crippen LogP contribution in [0.4, 0.5) is 8.78 Å². The van der Waals surface area contributed by atoms with Gasteiger partial charge in [0.05, 0.1) is 5.52 Å². The fraction of sp³-hybridized carbons (Fsp3) is 0.524. The third kappa shape index (κ3) is 3.37. The predicted octanol–water partition coefficient (Wildman–Crippen LogP) is 4.59. The van der Waals surface area contributed by atoms with E-state index in [1.165, 1.54) is 6.07 Å². The highest BCUT2D eigenvalue weighted by atomic mass is 19.1. The average Bonchev–Trinajstić information content (AvgIpc) is 2.99. The molecule has 1 aromatic carbocycles. The van der Waals surface area contributed by atoms with Gasteiger partial charge < -0.3 is 9.88 Å². The van der Waals surface area contributed by atoms with Crippen molar-refractivity contribution in [3.05, 3.63) is 35.5 Å². The summed E-state index contributed by atoms with van der Waals surface area (Å²) < 4.78 is 28.0. The Kier molecular flexibility index (Phi) is 4.98. The SMILES string of the molecule is O=C1CCCCC1C1CCCCCN1C(=O)c1cc2c(F)ccc(F)c2[nH]1. The molecule has 0 bridgehead atoms. The lowest BCUT2D eigenvalue weighted by atomic mass is 9.80. The largest absolute Gasteiger partial charge is 0.348 e. The van der Waals surface area contributed by atoms with Crippen molar-refractivity contribution in [3.63, 3.8) is 0 Å². The lowest BCUT2D eigenvalue weighted by Gasteiger charge is -2.36. The maximum atomic E-state index is 14.0. The summed E-state index contributed by atoms with van der Waals surface area (Å²) in [6.07, 6.45) is 7.06. The molecule has 1 aromatic heterocycles. The molecule has 2 fully saturated rings. The van der Waals surface area contributed by atoms with Crippen LogP contribution in [0.15, 0.2) is 18.2 Å². The molecule has 4 nitrogen and oxygen atoms in total. The highest BCUT2D eigenvalue weighted by Gasteiger charge is 2.37. The van der Waals surface area contributed by atoms with Crippen molar-refractivity contribution in [1.29, 1.82) is 0 Å². The van der Waals surface area contributed by atoms with E-state index in [0.29, 0.717) is 13.0 Å². The van der Waals surface area contributed by atoms with E-state index in [-0.39, 0.29) is 40.2 Å². The summed E-state index contributed by atoms with van der Waals surface area (Å²) in [6.45, 7) is 0.577. The van der Waals surface area contributed by atoms with Crippen LogP contribution in [0.2, 0.25) is 0 Å². The molecule has 1 N–H and O–H groups in total. The number of benzene rings is 1. The van der Waals surface area contributed by atoms with Crippen LogP contribution in [0.25, 0.3) is 10.9 Å². The van der Waals surface area contributed by atoms with Gasteiger partial charge in [-0.15, -0.1) is 0 Å². The number of hydrogen-bond donors (Lipinski definition) is 1. The number of Topliss-reactive ketones (excluding diaryl/α,β-unsaturated/α-hetero) is 1. The van der Waals surface area contributed by atoms with Crippen LogP contribution in [0, 0.1) is 17.6 Å². The van der Waals surface area contributed by atoms with Gasteiger partial charge in [0.25, 0.3) is 5.91 Å². The fourth-order valence-corrected chi connectivity index (χ4v) is 4.64. The monoisotopic (exact) mass is 374 g/mol.